The number of rotatable bonds is 1. The van der Waals surface area contributed by atoms with Gasteiger partial charge in [0.2, 0.25) is 0 Å². The fourth-order valence-electron chi connectivity index (χ4n) is 2.14. The van der Waals surface area contributed by atoms with Crippen molar-refractivity contribution in [3.05, 3.63) is 37.2 Å². The molecule has 6 nitrogen and oxygen atoms in total. The first-order valence-corrected chi connectivity index (χ1v) is 5.49. The highest BCUT2D eigenvalue weighted by molar-refractivity contribution is 5.99. The molecule has 18 heavy (non-hydrogen) atoms. The predicted octanol–water partition coefficient (Wildman–Crippen LogP) is 1.90. The van der Waals surface area contributed by atoms with Gasteiger partial charge in [-0.3, -0.25) is 10.1 Å². The molecule has 0 aliphatic carbocycles. The van der Waals surface area contributed by atoms with Crippen molar-refractivity contribution < 1.29 is 0 Å². The molecule has 0 radical (unpaired) electrons. The lowest BCUT2D eigenvalue weighted by atomic mass is 10.1. The van der Waals surface area contributed by atoms with E-state index in [1.165, 1.54) is 0 Å². The van der Waals surface area contributed by atoms with Crippen LogP contribution in [-0.4, -0.2) is 30.1 Å². The number of nitrogens with one attached hydrogen (secondary N) is 2. The van der Waals surface area contributed by atoms with E-state index >= 15 is 0 Å². The summed E-state index contributed by atoms with van der Waals surface area (Å²) >= 11 is 0. The van der Waals surface area contributed by atoms with Crippen LogP contribution in [0.25, 0.3) is 33.2 Å². The average Bonchev–Trinajstić information content (AvgIpc) is 3.06. The van der Waals surface area contributed by atoms with E-state index in [4.69, 9.17) is 0 Å². The summed E-state index contributed by atoms with van der Waals surface area (Å²) in [6.07, 6.45) is 8.75. The maximum atomic E-state index is 4.24. The van der Waals surface area contributed by atoms with Crippen molar-refractivity contribution >= 4 is 22.1 Å². The minimum atomic E-state index is 0.698. The monoisotopic (exact) mass is 236 g/mol. The second-order valence-electron chi connectivity index (χ2n) is 3.98. The molecule has 0 aliphatic rings. The first-order valence-electron chi connectivity index (χ1n) is 5.49. The number of H-pyrrole nitrogens is 2. The van der Waals surface area contributed by atoms with E-state index in [2.05, 4.69) is 30.1 Å². The Kier molecular flexibility index (Phi) is 1.74. The van der Waals surface area contributed by atoms with Crippen LogP contribution in [0.2, 0.25) is 0 Å². The van der Waals surface area contributed by atoms with Gasteiger partial charge in [0.15, 0.2) is 5.65 Å². The Morgan fingerprint density at radius 1 is 0.944 bits per heavy atom. The van der Waals surface area contributed by atoms with Crippen LogP contribution in [0.3, 0.4) is 0 Å². The Bertz CT molecular complexity index is 772. The van der Waals surface area contributed by atoms with E-state index in [0.717, 1.165) is 27.5 Å². The van der Waals surface area contributed by atoms with Gasteiger partial charge in [-0.15, -0.1) is 0 Å². The van der Waals surface area contributed by atoms with E-state index in [9.17, 15) is 0 Å². The summed E-state index contributed by atoms with van der Waals surface area (Å²) in [7, 11) is 0. The number of imidazole rings is 1. The molecule has 0 bridgehead atoms. The van der Waals surface area contributed by atoms with E-state index in [-0.39, 0.29) is 0 Å². The Morgan fingerprint density at radius 2 is 1.94 bits per heavy atom. The third-order valence-electron chi connectivity index (χ3n) is 2.97. The zero-order valence-electron chi connectivity index (χ0n) is 9.25. The highest BCUT2D eigenvalue weighted by Crippen LogP contribution is 2.29. The molecule has 0 aromatic carbocycles. The van der Waals surface area contributed by atoms with Gasteiger partial charge in [-0.05, 0) is 6.07 Å². The Hall–Kier alpha value is -2.76. The molecule has 0 fully saturated rings. The number of pyridine rings is 2. The summed E-state index contributed by atoms with van der Waals surface area (Å²) in [5.74, 6) is 0. The van der Waals surface area contributed by atoms with Crippen LogP contribution in [0, 0.1) is 0 Å². The van der Waals surface area contributed by atoms with Gasteiger partial charge in [0.1, 0.15) is 0 Å². The quantitative estimate of drug-likeness (QED) is 0.528. The lowest BCUT2D eigenvalue weighted by Gasteiger charge is -2.03. The topological polar surface area (TPSA) is 83.1 Å². The number of fused-ring (bicyclic) bond motifs is 2. The molecule has 0 saturated carbocycles. The molecular formula is C12H8N6. The fraction of sp³-hybridized carbons (Fsp3) is 0. The van der Waals surface area contributed by atoms with Crippen LogP contribution in [0.1, 0.15) is 0 Å². The molecule has 0 unspecified atom stereocenters. The van der Waals surface area contributed by atoms with Crippen molar-refractivity contribution in [3.8, 4) is 11.1 Å². The smallest absolute Gasteiger partial charge is 0.178 e. The zero-order chi connectivity index (χ0) is 11.9. The number of hydrogen-bond acceptors (Lipinski definition) is 4. The minimum absolute atomic E-state index is 0.698. The predicted molar refractivity (Wildman–Crippen MR) is 66.8 cm³/mol. The SMILES string of the molecule is c1cc(-c2cncc3cn[nH]c23)c2[nH]cnc2n1. The maximum Gasteiger partial charge on any atom is 0.178 e. The summed E-state index contributed by atoms with van der Waals surface area (Å²) in [6.45, 7) is 0. The third-order valence-corrected chi connectivity index (χ3v) is 2.97. The van der Waals surface area contributed by atoms with Gasteiger partial charge in [0.05, 0.1) is 23.6 Å². The summed E-state index contributed by atoms with van der Waals surface area (Å²) < 4.78 is 0. The molecule has 0 amide bonds. The van der Waals surface area contributed by atoms with Crippen molar-refractivity contribution in [2.24, 2.45) is 0 Å². The van der Waals surface area contributed by atoms with Crippen molar-refractivity contribution in [2.45, 2.75) is 0 Å². The molecule has 6 heteroatoms. The van der Waals surface area contributed by atoms with E-state index < -0.39 is 0 Å². The fourth-order valence-corrected chi connectivity index (χ4v) is 2.14. The number of aromatic amines is 2. The van der Waals surface area contributed by atoms with Crippen LogP contribution in [0.15, 0.2) is 37.2 Å². The van der Waals surface area contributed by atoms with Gasteiger partial charge in [0, 0.05) is 35.1 Å². The lowest BCUT2D eigenvalue weighted by molar-refractivity contribution is 1.12. The minimum Gasteiger partial charge on any atom is -0.343 e. The van der Waals surface area contributed by atoms with Crippen LogP contribution in [0.4, 0.5) is 0 Å². The Balaban J connectivity index is 2.13. The molecular weight excluding hydrogens is 228 g/mol. The van der Waals surface area contributed by atoms with Gasteiger partial charge < -0.3 is 4.98 Å². The molecule has 86 valence electrons. The third kappa shape index (κ3) is 1.17. The summed E-state index contributed by atoms with van der Waals surface area (Å²) in [5, 5.41) is 8.03. The maximum absolute atomic E-state index is 4.24. The number of nitrogens with zero attached hydrogens (tertiary/aromatic N) is 4. The van der Waals surface area contributed by atoms with E-state index in [1.54, 1.807) is 24.9 Å². The van der Waals surface area contributed by atoms with Gasteiger partial charge >= 0.3 is 0 Å². The lowest BCUT2D eigenvalue weighted by Crippen LogP contribution is -1.86. The second-order valence-corrected chi connectivity index (χ2v) is 3.98. The van der Waals surface area contributed by atoms with Crippen LogP contribution in [-0.2, 0) is 0 Å². The summed E-state index contributed by atoms with van der Waals surface area (Å²) in [6, 6.07) is 1.94. The molecule has 4 rings (SSSR count). The van der Waals surface area contributed by atoms with E-state index in [1.807, 2.05) is 12.3 Å². The Morgan fingerprint density at radius 3 is 2.94 bits per heavy atom. The van der Waals surface area contributed by atoms with Crippen molar-refractivity contribution in [1.29, 1.82) is 0 Å². The molecule has 2 N–H and O–H groups in total. The van der Waals surface area contributed by atoms with Crippen LogP contribution >= 0.6 is 0 Å². The van der Waals surface area contributed by atoms with Gasteiger partial charge in [-0.1, -0.05) is 0 Å². The standard InChI is InChI=1S/C12H8N6/c1-2-14-12-11(15-6-16-12)8(1)9-5-13-3-7-4-17-18-10(7)9/h1-6H,(H,17,18)(H,14,15,16). The number of hydrogen-bond donors (Lipinski definition) is 2. The summed E-state index contributed by atoms with van der Waals surface area (Å²) in [4.78, 5) is 15.7. The first-order chi connectivity index (χ1) is 8.93. The molecule has 4 aromatic heterocycles. The molecule has 0 aliphatic heterocycles. The number of aromatic nitrogens is 6. The summed E-state index contributed by atoms with van der Waals surface area (Å²) in [5.41, 5.74) is 4.57. The average molecular weight is 236 g/mol. The largest absolute Gasteiger partial charge is 0.343 e. The first kappa shape index (κ1) is 9.29. The molecule has 4 heterocycles. The molecule has 0 atom stereocenters. The van der Waals surface area contributed by atoms with Crippen LogP contribution in [0.5, 0.6) is 0 Å². The van der Waals surface area contributed by atoms with Gasteiger partial charge in [-0.2, -0.15) is 5.10 Å². The Labute approximate surface area is 101 Å². The van der Waals surface area contributed by atoms with Crippen LogP contribution < -0.4 is 0 Å². The van der Waals surface area contributed by atoms with Crippen molar-refractivity contribution in [3.63, 3.8) is 0 Å². The normalized spacial score (nSPS) is 11.3. The molecule has 0 spiro atoms. The van der Waals surface area contributed by atoms with Crippen molar-refractivity contribution in [2.75, 3.05) is 0 Å². The van der Waals surface area contributed by atoms with E-state index in [0.29, 0.717) is 5.65 Å². The zero-order valence-corrected chi connectivity index (χ0v) is 9.25. The highest BCUT2D eigenvalue weighted by Gasteiger charge is 2.11. The van der Waals surface area contributed by atoms with Crippen molar-refractivity contribution in [1.82, 2.24) is 30.1 Å². The molecule has 4 aromatic rings. The molecule has 0 saturated heterocycles. The van der Waals surface area contributed by atoms with Gasteiger partial charge in [-0.25, -0.2) is 9.97 Å². The second kappa shape index (κ2) is 3.36. The van der Waals surface area contributed by atoms with Gasteiger partial charge in [0.25, 0.3) is 0 Å². The highest BCUT2D eigenvalue weighted by atomic mass is 15.1.